The summed E-state index contributed by atoms with van der Waals surface area (Å²) in [4.78, 5) is 50.6. The first-order valence-corrected chi connectivity index (χ1v) is 11.6. The molecule has 1 atom stereocenters. The number of benzene rings is 2. The van der Waals surface area contributed by atoms with Crippen molar-refractivity contribution in [1.82, 2.24) is 15.5 Å². The molecule has 8 nitrogen and oxygen atoms in total. The molecular formula is C24H20BF6N3O5. The van der Waals surface area contributed by atoms with Crippen molar-refractivity contribution in [3.8, 4) is 5.75 Å². The van der Waals surface area contributed by atoms with Gasteiger partial charge >= 0.3 is 12.1 Å². The Balaban J connectivity index is 1.47. The summed E-state index contributed by atoms with van der Waals surface area (Å²) in [6, 6.07) is 5.65. The number of halogens is 6. The minimum Gasteiger partial charge on any atom is -0.483 e. The van der Waals surface area contributed by atoms with Crippen molar-refractivity contribution >= 4 is 31.5 Å². The van der Waals surface area contributed by atoms with Gasteiger partial charge in [0.05, 0.1) is 11.0 Å². The number of fused-ring (bicyclic) bond motifs is 1. The predicted octanol–water partition coefficient (Wildman–Crippen LogP) is 1.90. The van der Waals surface area contributed by atoms with E-state index in [0.717, 1.165) is 0 Å². The van der Waals surface area contributed by atoms with Gasteiger partial charge in [-0.15, -0.1) is 0 Å². The molecule has 15 heteroatoms. The average molecular weight is 555 g/mol. The van der Waals surface area contributed by atoms with Crippen LogP contribution in [0.1, 0.15) is 39.9 Å². The van der Waals surface area contributed by atoms with E-state index in [4.69, 9.17) is 0 Å². The monoisotopic (exact) mass is 555 g/mol. The van der Waals surface area contributed by atoms with Crippen LogP contribution in [0.2, 0.25) is 0 Å². The van der Waals surface area contributed by atoms with Crippen LogP contribution in [0.3, 0.4) is 0 Å². The van der Waals surface area contributed by atoms with E-state index >= 15 is 0 Å². The van der Waals surface area contributed by atoms with Gasteiger partial charge in [-0.1, -0.05) is 12.1 Å². The topological polar surface area (TPSA) is 105 Å². The van der Waals surface area contributed by atoms with E-state index in [1.807, 2.05) is 5.32 Å². The molecule has 0 aliphatic carbocycles. The van der Waals surface area contributed by atoms with Crippen LogP contribution in [0.4, 0.5) is 26.3 Å². The number of nitrogens with one attached hydrogen (secondary N) is 2. The highest BCUT2D eigenvalue weighted by molar-refractivity contribution is 6.32. The number of carbonyl (C=O) groups excluding carboxylic acids is 4. The molecule has 4 rings (SSSR count). The Hall–Kier alpha value is -4.04. The third-order valence-corrected chi connectivity index (χ3v) is 6.56. The molecule has 2 aromatic carbocycles. The first kappa shape index (κ1) is 28.0. The Morgan fingerprint density at radius 3 is 2.49 bits per heavy atom. The number of amides is 4. The number of hydrogen-bond donors (Lipinski definition) is 2. The molecule has 0 bridgehead atoms. The lowest BCUT2D eigenvalue weighted by molar-refractivity contribution is -0.155. The van der Waals surface area contributed by atoms with E-state index in [1.165, 1.54) is 30.9 Å². The quantitative estimate of drug-likeness (QED) is 0.309. The molecule has 4 amide bonds. The lowest BCUT2D eigenvalue weighted by Gasteiger charge is -2.39. The van der Waals surface area contributed by atoms with Crippen molar-refractivity contribution < 1.29 is 50.3 Å². The van der Waals surface area contributed by atoms with Gasteiger partial charge < -0.3 is 15.0 Å². The van der Waals surface area contributed by atoms with Crippen LogP contribution in [-0.2, 0) is 33.4 Å². The van der Waals surface area contributed by atoms with E-state index in [0.29, 0.717) is 29.3 Å². The van der Waals surface area contributed by atoms with Crippen molar-refractivity contribution in [3.63, 3.8) is 0 Å². The van der Waals surface area contributed by atoms with Gasteiger partial charge in [0, 0.05) is 31.1 Å². The zero-order valence-electron chi connectivity index (χ0n) is 20.3. The van der Waals surface area contributed by atoms with Crippen LogP contribution in [0, 0.1) is 5.82 Å². The molecule has 2 aromatic rings. The van der Waals surface area contributed by atoms with E-state index in [2.05, 4.69) is 10.1 Å². The Labute approximate surface area is 218 Å². The largest absolute Gasteiger partial charge is 0.483 e. The first-order valence-electron chi connectivity index (χ1n) is 11.6. The highest BCUT2D eigenvalue weighted by Gasteiger charge is 2.48. The maximum Gasteiger partial charge on any atom is 0.422 e. The summed E-state index contributed by atoms with van der Waals surface area (Å²) in [6.07, 6.45) is -4.72. The molecule has 0 saturated carbocycles. The van der Waals surface area contributed by atoms with Crippen molar-refractivity contribution in [2.24, 2.45) is 0 Å². The molecule has 1 saturated heterocycles. The van der Waals surface area contributed by atoms with Crippen LogP contribution < -0.4 is 15.4 Å². The Bertz CT molecular complexity index is 1370. The summed E-state index contributed by atoms with van der Waals surface area (Å²) in [5, 5.41) is 4.20. The number of piperidine rings is 1. The summed E-state index contributed by atoms with van der Waals surface area (Å²) >= 11 is 0. The number of ether oxygens (including phenoxy) is 1. The van der Waals surface area contributed by atoms with E-state index in [-0.39, 0.29) is 24.9 Å². The molecule has 2 heterocycles. The standard InChI is InChI=1S/C24H20BF6N3O5/c25-22(6-5-18(35)33-20(22)37)34-10-13-7-12(1-3-15(13)19(34)36)9-32-21(38)24(30,31)16-4-2-14(26)8-17(16)39-11-23(27,28)29/h1-4,7-8H,5-6,9-11,25H2,(H,32,38)(H,33,35,37). The van der Waals surface area contributed by atoms with Crippen molar-refractivity contribution in [2.45, 2.75) is 43.5 Å². The zero-order chi connectivity index (χ0) is 28.8. The average Bonchev–Trinajstić information content (AvgIpc) is 3.19. The molecule has 39 heavy (non-hydrogen) atoms. The van der Waals surface area contributed by atoms with Gasteiger partial charge in [0.1, 0.15) is 19.4 Å². The molecule has 2 N–H and O–H groups in total. The van der Waals surface area contributed by atoms with Crippen LogP contribution >= 0.6 is 0 Å². The molecule has 206 valence electrons. The summed E-state index contributed by atoms with van der Waals surface area (Å²) < 4.78 is 85.1. The Morgan fingerprint density at radius 1 is 1.10 bits per heavy atom. The number of imide groups is 1. The number of rotatable bonds is 7. The minimum absolute atomic E-state index is 0.000291. The van der Waals surface area contributed by atoms with Gasteiger partial charge in [0.25, 0.3) is 11.8 Å². The second kappa shape index (κ2) is 9.93. The Morgan fingerprint density at radius 2 is 1.82 bits per heavy atom. The van der Waals surface area contributed by atoms with E-state index in [9.17, 15) is 45.5 Å². The lowest BCUT2D eigenvalue weighted by Crippen LogP contribution is -2.63. The molecule has 0 spiro atoms. The predicted molar refractivity (Wildman–Crippen MR) is 124 cm³/mol. The highest BCUT2D eigenvalue weighted by atomic mass is 19.4. The molecule has 0 radical (unpaired) electrons. The maximum absolute atomic E-state index is 14.9. The fourth-order valence-corrected chi connectivity index (χ4v) is 4.38. The van der Waals surface area contributed by atoms with Crippen molar-refractivity contribution in [3.05, 3.63) is 64.5 Å². The summed E-state index contributed by atoms with van der Waals surface area (Å²) in [5.41, 5.74) is -1.49. The normalized spacial score (nSPS) is 19.5. The maximum atomic E-state index is 14.9. The number of nitrogens with zero attached hydrogens (tertiary/aromatic N) is 1. The minimum atomic E-state index is -4.89. The van der Waals surface area contributed by atoms with E-state index < -0.39 is 71.4 Å². The van der Waals surface area contributed by atoms with Gasteiger partial charge in [0.15, 0.2) is 6.61 Å². The SMILES string of the molecule is BC1(N2Cc3cc(CNC(=O)C(F)(F)c4ccc(F)cc4OCC(F)(F)F)ccc3C2=O)CCC(=O)NC1=O. The molecular weight excluding hydrogens is 535 g/mol. The highest BCUT2D eigenvalue weighted by Crippen LogP contribution is 2.37. The second-order valence-electron chi connectivity index (χ2n) is 9.34. The third kappa shape index (κ3) is 5.57. The van der Waals surface area contributed by atoms with E-state index in [1.54, 1.807) is 0 Å². The zero-order valence-corrected chi connectivity index (χ0v) is 20.3. The number of carbonyl (C=O) groups is 4. The molecule has 1 unspecified atom stereocenters. The third-order valence-electron chi connectivity index (χ3n) is 6.56. The van der Waals surface area contributed by atoms with Crippen LogP contribution in [0.5, 0.6) is 5.75 Å². The van der Waals surface area contributed by atoms with Crippen LogP contribution in [0.25, 0.3) is 0 Å². The molecule has 1 fully saturated rings. The molecule has 2 aliphatic rings. The van der Waals surface area contributed by atoms with Gasteiger partial charge in [0.2, 0.25) is 11.8 Å². The summed E-state index contributed by atoms with van der Waals surface area (Å²) in [5.74, 6) is -10.0. The molecule has 2 aliphatic heterocycles. The van der Waals surface area contributed by atoms with Gasteiger partial charge in [-0.2, -0.15) is 22.0 Å². The molecule has 0 aromatic heterocycles. The fourth-order valence-electron chi connectivity index (χ4n) is 4.38. The number of hydrogen-bond acceptors (Lipinski definition) is 5. The van der Waals surface area contributed by atoms with Gasteiger partial charge in [-0.25, -0.2) is 4.39 Å². The second-order valence-corrected chi connectivity index (χ2v) is 9.34. The smallest absolute Gasteiger partial charge is 0.422 e. The number of alkyl halides is 5. The Kier molecular flexibility index (Phi) is 7.13. The van der Waals surface area contributed by atoms with Crippen LogP contribution in [0.15, 0.2) is 36.4 Å². The van der Waals surface area contributed by atoms with Crippen LogP contribution in [-0.4, -0.2) is 54.6 Å². The first-order chi connectivity index (χ1) is 18.1. The van der Waals surface area contributed by atoms with Crippen molar-refractivity contribution in [1.29, 1.82) is 0 Å². The van der Waals surface area contributed by atoms with Gasteiger partial charge in [-0.3, -0.25) is 24.5 Å². The van der Waals surface area contributed by atoms with Gasteiger partial charge in [-0.05, 0) is 35.7 Å². The lowest BCUT2D eigenvalue weighted by atomic mass is 9.70. The fraction of sp³-hybridized carbons (Fsp3) is 0.333. The summed E-state index contributed by atoms with van der Waals surface area (Å²) in [7, 11) is 1.53. The van der Waals surface area contributed by atoms with Crippen molar-refractivity contribution in [2.75, 3.05) is 6.61 Å². The summed E-state index contributed by atoms with van der Waals surface area (Å²) in [6.45, 7) is -2.41.